The molecule has 12 heteroatoms. The van der Waals surface area contributed by atoms with Gasteiger partial charge in [-0.05, 0) is 32.1 Å². The number of carboxylic acid groups (broad SMARTS) is 1. The molecule has 0 bridgehead atoms. The van der Waals surface area contributed by atoms with Crippen molar-refractivity contribution in [1.82, 2.24) is 0 Å². The third-order valence-corrected chi connectivity index (χ3v) is 4.99. The van der Waals surface area contributed by atoms with Crippen LogP contribution in [-0.4, -0.2) is 71.9 Å². The van der Waals surface area contributed by atoms with E-state index in [9.17, 15) is 33.9 Å². The van der Waals surface area contributed by atoms with Crippen LogP contribution < -0.4 is 0 Å². The lowest BCUT2D eigenvalue weighted by Crippen LogP contribution is -2.55. The van der Waals surface area contributed by atoms with E-state index in [2.05, 4.69) is 0 Å². The molecule has 218 valence electrons. The fourth-order valence-electron chi connectivity index (χ4n) is 3.23. The predicted molar refractivity (Wildman–Crippen MR) is 133 cm³/mol. The maximum atomic E-state index is 12.6. The summed E-state index contributed by atoms with van der Waals surface area (Å²) in [5.74, 6) is -5.60. The van der Waals surface area contributed by atoms with E-state index in [0.29, 0.717) is 32.1 Å². The minimum Gasteiger partial charge on any atom is -0.478 e. The van der Waals surface area contributed by atoms with Gasteiger partial charge in [0.05, 0.1) is 0 Å². The molecule has 0 aliphatic carbocycles. The monoisotopic (exact) mass is 546 g/mol. The molecule has 0 rings (SSSR count). The summed E-state index contributed by atoms with van der Waals surface area (Å²) in [6, 6.07) is 0. The summed E-state index contributed by atoms with van der Waals surface area (Å²) >= 11 is 0. The molecule has 4 atom stereocenters. The van der Waals surface area contributed by atoms with E-state index in [-0.39, 0.29) is 32.1 Å². The number of carbonyl (C=O) groups is 6. The first-order valence-corrected chi connectivity index (χ1v) is 13.2. The lowest BCUT2D eigenvalue weighted by atomic mass is 10.0. The summed E-state index contributed by atoms with van der Waals surface area (Å²) < 4.78 is 26.7. The molecule has 0 amide bonds. The molecule has 12 nitrogen and oxygen atoms in total. The third-order valence-electron chi connectivity index (χ3n) is 4.99. The molecule has 0 saturated heterocycles. The molecular formula is C26H42O12. The molecule has 1 N–H and O–H groups in total. The molecular weight excluding hydrogens is 504 g/mol. The Morgan fingerprint density at radius 3 is 1.32 bits per heavy atom. The number of carboxylic acids is 1. The summed E-state index contributed by atoms with van der Waals surface area (Å²) in [6.07, 6.45) is -5.70. The fraction of sp³-hybridized carbons (Fsp3) is 0.769. The second-order valence-electron chi connectivity index (χ2n) is 8.62. The summed E-state index contributed by atoms with van der Waals surface area (Å²) in [5.41, 5.74) is 0. The molecule has 38 heavy (non-hydrogen) atoms. The molecule has 0 heterocycles. The normalized spacial score (nSPS) is 13.8. The van der Waals surface area contributed by atoms with Crippen molar-refractivity contribution in [1.29, 1.82) is 0 Å². The zero-order valence-electron chi connectivity index (χ0n) is 23.0. The molecule has 0 saturated carbocycles. The van der Waals surface area contributed by atoms with E-state index in [0.717, 1.165) is 0 Å². The van der Waals surface area contributed by atoms with Crippen LogP contribution in [0.2, 0.25) is 0 Å². The van der Waals surface area contributed by atoms with E-state index in [1.807, 2.05) is 0 Å². The number of aliphatic carboxylic acids is 1. The summed E-state index contributed by atoms with van der Waals surface area (Å²) in [7, 11) is 0. The van der Waals surface area contributed by atoms with E-state index in [4.69, 9.17) is 23.7 Å². The van der Waals surface area contributed by atoms with Crippen LogP contribution >= 0.6 is 0 Å². The van der Waals surface area contributed by atoms with Crippen molar-refractivity contribution in [2.24, 2.45) is 0 Å². The van der Waals surface area contributed by atoms with E-state index in [1.165, 1.54) is 0 Å². The smallest absolute Gasteiger partial charge is 0.349 e. The molecule has 0 aliphatic rings. The topological polar surface area (TPSA) is 169 Å². The van der Waals surface area contributed by atoms with Gasteiger partial charge in [0.1, 0.15) is 6.61 Å². The Hall–Kier alpha value is -3.18. The van der Waals surface area contributed by atoms with Crippen molar-refractivity contribution in [3.05, 3.63) is 0 Å². The van der Waals surface area contributed by atoms with Crippen molar-refractivity contribution >= 4 is 35.8 Å². The molecule has 0 spiro atoms. The van der Waals surface area contributed by atoms with Crippen molar-refractivity contribution in [2.45, 2.75) is 123 Å². The predicted octanol–water partition coefficient (Wildman–Crippen LogP) is 3.26. The number of esters is 5. The summed E-state index contributed by atoms with van der Waals surface area (Å²) in [5, 5.41) is 9.92. The van der Waals surface area contributed by atoms with Gasteiger partial charge < -0.3 is 28.8 Å². The molecule has 0 aliphatic heterocycles. The van der Waals surface area contributed by atoms with E-state index >= 15 is 0 Å². The Morgan fingerprint density at radius 1 is 0.526 bits per heavy atom. The molecule has 0 unspecified atom stereocenters. The van der Waals surface area contributed by atoms with Crippen LogP contribution in [0.25, 0.3) is 0 Å². The molecule has 0 aromatic heterocycles. The van der Waals surface area contributed by atoms with Gasteiger partial charge in [-0.1, -0.05) is 34.6 Å². The Kier molecular flexibility index (Phi) is 18.2. The Labute approximate surface area is 223 Å². The Morgan fingerprint density at radius 2 is 0.895 bits per heavy atom. The van der Waals surface area contributed by atoms with Gasteiger partial charge in [0.2, 0.25) is 6.10 Å². The van der Waals surface area contributed by atoms with Gasteiger partial charge >= 0.3 is 35.8 Å². The van der Waals surface area contributed by atoms with Crippen molar-refractivity contribution < 1.29 is 57.6 Å². The van der Waals surface area contributed by atoms with Crippen LogP contribution in [0.5, 0.6) is 0 Å². The quantitative estimate of drug-likeness (QED) is 0.175. The van der Waals surface area contributed by atoms with Gasteiger partial charge in [0.15, 0.2) is 18.3 Å². The van der Waals surface area contributed by atoms with Gasteiger partial charge in [0, 0.05) is 32.1 Å². The van der Waals surface area contributed by atoms with Crippen LogP contribution in [0.4, 0.5) is 0 Å². The average Bonchev–Trinajstić information content (AvgIpc) is 2.83. The number of rotatable bonds is 20. The first-order valence-electron chi connectivity index (χ1n) is 13.2. The van der Waals surface area contributed by atoms with Gasteiger partial charge in [-0.15, -0.1) is 0 Å². The van der Waals surface area contributed by atoms with Gasteiger partial charge in [0.25, 0.3) is 0 Å². The van der Waals surface area contributed by atoms with Crippen LogP contribution in [0, 0.1) is 0 Å². The van der Waals surface area contributed by atoms with Crippen molar-refractivity contribution in [2.75, 3.05) is 6.61 Å². The number of hydrogen-bond acceptors (Lipinski definition) is 11. The maximum Gasteiger partial charge on any atom is 0.349 e. The largest absolute Gasteiger partial charge is 0.478 e. The molecule has 0 fully saturated rings. The molecule has 0 aromatic carbocycles. The summed E-state index contributed by atoms with van der Waals surface area (Å²) in [6.45, 7) is 7.93. The Balaban J connectivity index is 6.68. The third kappa shape index (κ3) is 13.9. The average molecular weight is 547 g/mol. The highest BCUT2D eigenvalue weighted by molar-refractivity contribution is 5.80. The van der Waals surface area contributed by atoms with Crippen molar-refractivity contribution in [3.63, 3.8) is 0 Å². The van der Waals surface area contributed by atoms with Crippen LogP contribution in [0.15, 0.2) is 0 Å². The number of hydrogen-bond donors (Lipinski definition) is 1. The number of carbonyl (C=O) groups excluding carboxylic acids is 5. The zero-order chi connectivity index (χ0) is 29.1. The standard InChI is InChI=1S/C26H42O12/c1-6-11-18(27)34-16-17(35-19(28)12-7-2)23(36-20(29)13-8-3)24(37-21(30)14-9-4)25(26(32)33)38-22(31)15-10-5/h17,23-25H,6-16H2,1-5H3,(H,32,33)/t17-,23+,24-,25-/m0/s1. The number of ether oxygens (including phenoxy) is 5. The van der Waals surface area contributed by atoms with Crippen LogP contribution in [-0.2, 0) is 52.5 Å². The van der Waals surface area contributed by atoms with E-state index in [1.54, 1.807) is 34.6 Å². The highest BCUT2D eigenvalue weighted by Gasteiger charge is 2.47. The maximum absolute atomic E-state index is 12.6. The van der Waals surface area contributed by atoms with E-state index < -0.39 is 66.8 Å². The first-order chi connectivity index (χ1) is 18.0. The highest BCUT2D eigenvalue weighted by Crippen LogP contribution is 2.22. The van der Waals surface area contributed by atoms with Crippen LogP contribution in [0.3, 0.4) is 0 Å². The Bertz CT molecular complexity index is 778. The van der Waals surface area contributed by atoms with Gasteiger partial charge in [-0.25, -0.2) is 4.79 Å². The zero-order valence-corrected chi connectivity index (χ0v) is 23.0. The van der Waals surface area contributed by atoms with Crippen molar-refractivity contribution in [3.8, 4) is 0 Å². The highest BCUT2D eigenvalue weighted by atomic mass is 16.6. The minimum absolute atomic E-state index is 0.0385. The van der Waals surface area contributed by atoms with Crippen LogP contribution in [0.1, 0.15) is 98.8 Å². The minimum atomic E-state index is -2.10. The lowest BCUT2D eigenvalue weighted by Gasteiger charge is -2.34. The second-order valence-corrected chi connectivity index (χ2v) is 8.62. The fourth-order valence-corrected chi connectivity index (χ4v) is 3.23. The lowest BCUT2D eigenvalue weighted by molar-refractivity contribution is -0.209. The summed E-state index contributed by atoms with van der Waals surface area (Å²) in [4.78, 5) is 74.1. The molecule has 0 radical (unpaired) electrons. The second kappa shape index (κ2) is 19.9. The molecule has 0 aromatic rings. The first kappa shape index (κ1) is 34.8. The van der Waals surface area contributed by atoms with Gasteiger partial charge in [-0.3, -0.25) is 24.0 Å². The SMILES string of the molecule is CCCC(=O)OC[C@H](OC(=O)CCC)[C@@H](OC(=O)CCC)[C@H](OC(=O)CCC)[C@H](OC(=O)CCC)C(=O)O. The van der Waals surface area contributed by atoms with Gasteiger partial charge in [-0.2, -0.15) is 0 Å².